The van der Waals surface area contributed by atoms with E-state index in [1.165, 1.54) is 44.9 Å². The van der Waals surface area contributed by atoms with E-state index in [1.54, 1.807) is 7.11 Å². The number of rotatable bonds is 12. The first-order valence-electron chi connectivity index (χ1n) is 6.40. The van der Waals surface area contributed by atoms with Crippen LogP contribution in [0.1, 0.15) is 57.8 Å². The quantitative estimate of drug-likeness (QED) is 0.422. The molecule has 96 valence electrons. The standard InChI is InChI=1S/C12H25O3P/c1-15-11-9-7-5-3-2-4-6-8-10-12-16(13)14/h2-12H2,1H3/p+1. The second-order valence-corrected chi connectivity index (χ2v) is 5.40. The number of hydrogen-bond donors (Lipinski definition) is 1. The van der Waals surface area contributed by atoms with Gasteiger partial charge in [-0.2, -0.15) is 4.89 Å². The van der Waals surface area contributed by atoms with Crippen molar-refractivity contribution in [3.63, 3.8) is 0 Å². The lowest BCUT2D eigenvalue weighted by Crippen LogP contribution is -1.88. The molecule has 0 rings (SSSR count). The second-order valence-electron chi connectivity index (χ2n) is 4.25. The Hall–Kier alpha value is 0.0200. The summed E-state index contributed by atoms with van der Waals surface area (Å²) < 4.78 is 15.4. The third kappa shape index (κ3) is 14.0. The predicted molar refractivity (Wildman–Crippen MR) is 68.1 cm³/mol. The van der Waals surface area contributed by atoms with Gasteiger partial charge in [-0.25, -0.2) is 0 Å². The Kier molecular flexibility index (Phi) is 13.1. The molecule has 0 saturated heterocycles. The maximum atomic E-state index is 10.4. The molecule has 0 aliphatic rings. The van der Waals surface area contributed by atoms with Gasteiger partial charge in [0, 0.05) is 13.7 Å². The topological polar surface area (TPSA) is 46.5 Å². The van der Waals surface area contributed by atoms with E-state index in [0.717, 1.165) is 19.4 Å². The Morgan fingerprint density at radius 1 is 0.875 bits per heavy atom. The molecule has 0 fully saturated rings. The molecule has 0 heterocycles. The van der Waals surface area contributed by atoms with Gasteiger partial charge in [-0.1, -0.05) is 38.5 Å². The zero-order valence-corrected chi connectivity index (χ0v) is 11.4. The fourth-order valence-corrected chi connectivity index (χ4v) is 2.23. The fraction of sp³-hybridized carbons (Fsp3) is 1.00. The van der Waals surface area contributed by atoms with Gasteiger partial charge in [-0.3, -0.25) is 0 Å². The minimum Gasteiger partial charge on any atom is -0.385 e. The molecule has 0 aromatic heterocycles. The van der Waals surface area contributed by atoms with Gasteiger partial charge in [-0.15, -0.1) is 0 Å². The Balaban J connectivity index is 2.90. The molecule has 0 radical (unpaired) electrons. The first-order chi connectivity index (χ1) is 7.77. The van der Waals surface area contributed by atoms with Crippen LogP contribution in [0.25, 0.3) is 0 Å². The normalized spacial score (nSPS) is 11.8. The molecule has 0 aliphatic carbocycles. The van der Waals surface area contributed by atoms with Crippen LogP contribution in [0.2, 0.25) is 0 Å². The molecular formula is C12H26O3P+. The molecule has 0 aliphatic heterocycles. The molecule has 16 heavy (non-hydrogen) atoms. The van der Waals surface area contributed by atoms with Gasteiger partial charge in [-0.05, 0) is 23.8 Å². The highest BCUT2D eigenvalue weighted by Gasteiger charge is 2.07. The summed E-state index contributed by atoms with van der Waals surface area (Å²) in [6.45, 7) is 0.888. The highest BCUT2D eigenvalue weighted by atomic mass is 31.1. The number of methoxy groups -OCH3 is 1. The summed E-state index contributed by atoms with van der Waals surface area (Å²) >= 11 is 0. The summed E-state index contributed by atoms with van der Waals surface area (Å²) in [5.41, 5.74) is 0. The summed E-state index contributed by atoms with van der Waals surface area (Å²) in [6.07, 6.45) is 11.4. The van der Waals surface area contributed by atoms with Crippen LogP contribution < -0.4 is 0 Å². The SMILES string of the molecule is COCCCCCCCCCCC[P+](=O)O. The molecule has 0 aromatic carbocycles. The van der Waals surface area contributed by atoms with Gasteiger partial charge in [0.1, 0.15) is 0 Å². The summed E-state index contributed by atoms with van der Waals surface area (Å²) in [7, 11) is -0.148. The van der Waals surface area contributed by atoms with Gasteiger partial charge in [0.15, 0.2) is 6.16 Å². The highest BCUT2D eigenvalue weighted by Crippen LogP contribution is 2.17. The average Bonchev–Trinajstić information content (AvgIpc) is 2.25. The van der Waals surface area contributed by atoms with Gasteiger partial charge < -0.3 is 4.74 Å². The van der Waals surface area contributed by atoms with Gasteiger partial charge in [0.05, 0.1) is 0 Å². The lowest BCUT2D eigenvalue weighted by Gasteiger charge is -2.01. The molecule has 0 aromatic rings. The molecule has 0 saturated carbocycles. The van der Waals surface area contributed by atoms with Crippen molar-refractivity contribution in [3.05, 3.63) is 0 Å². The van der Waals surface area contributed by atoms with E-state index in [9.17, 15) is 4.57 Å². The minimum atomic E-state index is -1.90. The average molecular weight is 249 g/mol. The summed E-state index contributed by atoms with van der Waals surface area (Å²) in [4.78, 5) is 8.59. The van der Waals surface area contributed by atoms with E-state index in [1.807, 2.05) is 0 Å². The number of unbranched alkanes of at least 4 members (excludes halogenated alkanes) is 8. The van der Waals surface area contributed by atoms with Crippen molar-refractivity contribution < 1.29 is 14.2 Å². The van der Waals surface area contributed by atoms with Crippen molar-refractivity contribution in [3.8, 4) is 0 Å². The fourth-order valence-electron chi connectivity index (χ4n) is 1.73. The van der Waals surface area contributed by atoms with Crippen LogP contribution in [-0.4, -0.2) is 24.8 Å². The van der Waals surface area contributed by atoms with E-state index < -0.39 is 8.03 Å². The Morgan fingerprint density at radius 3 is 1.75 bits per heavy atom. The highest BCUT2D eigenvalue weighted by molar-refractivity contribution is 7.37. The van der Waals surface area contributed by atoms with Crippen molar-refractivity contribution in [2.75, 3.05) is 19.9 Å². The largest absolute Gasteiger partial charge is 0.505 e. The zero-order chi connectivity index (χ0) is 12.1. The van der Waals surface area contributed by atoms with E-state index in [-0.39, 0.29) is 0 Å². The molecule has 1 unspecified atom stereocenters. The Bertz CT molecular complexity index is 162. The van der Waals surface area contributed by atoms with Gasteiger partial charge in [0.2, 0.25) is 0 Å². The van der Waals surface area contributed by atoms with E-state index in [0.29, 0.717) is 6.16 Å². The molecule has 4 heteroatoms. The lowest BCUT2D eigenvalue weighted by molar-refractivity contribution is 0.192. The van der Waals surface area contributed by atoms with Gasteiger partial charge >= 0.3 is 8.03 Å². The van der Waals surface area contributed by atoms with E-state index >= 15 is 0 Å². The maximum Gasteiger partial charge on any atom is 0.505 e. The van der Waals surface area contributed by atoms with Crippen molar-refractivity contribution in [2.24, 2.45) is 0 Å². The van der Waals surface area contributed by atoms with Gasteiger partial charge in [0.25, 0.3) is 0 Å². The summed E-state index contributed by atoms with van der Waals surface area (Å²) in [5, 5.41) is 0. The third-order valence-electron chi connectivity index (χ3n) is 2.70. The summed E-state index contributed by atoms with van der Waals surface area (Å²) in [5.74, 6) is 0. The van der Waals surface area contributed by atoms with Crippen LogP contribution in [0.4, 0.5) is 0 Å². The van der Waals surface area contributed by atoms with E-state index in [2.05, 4.69) is 0 Å². The van der Waals surface area contributed by atoms with Crippen molar-refractivity contribution in [1.82, 2.24) is 0 Å². The predicted octanol–water partition coefficient (Wildman–Crippen LogP) is 3.88. The number of ether oxygens (including phenoxy) is 1. The minimum absolute atomic E-state index is 0.479. The first-order valence-corrected chi connectivity index (χ1v) is 7.79. The smallest absolute Gasteiger partial charge is 0.385 e. The van der Waals surface area contributed by atoms with Crippen molar-refractivity contribution in [2.45, 2.75) is 57.8 Å². The van der Waals surface area contributed by atoms with Crippen LogP contribution in [-0.2, 0) is 9.30 Å². The second kappa shape index (κ2) is 13.1. The number of hydrogen-bond acceptors (Lipinski definition) is 2. The Labute approximate surface area is 100 Å². The molecular weight excluding hydrogens is 223 g/mol. The monoisotopic (exact) mass is 249 g/mol. The van der Waals surface area contributed by atoms with Crippen molar-refractivity contribution in [1.29, 1.82) is 0 Å². The van der Waals surface area contributed by atoms with Crippen LogP contribution >= 0.6 is 8.03 Å². The third-order valence-corrected chi connectivity index (χ3v) is 3.40. The maximum absolute atomic E-state index is 10.4. The molecule has 0 bridgehead atoms. The van der Waals surface area contributed by atoms with Crippen LogP contribution in [0.3, 0.4) is 0 Å². The lowest BCUT2D eigenvalue weighted by atomic mass is 10.1. The zero-order valence-electron chi connectivity index (χ0n) is 10.5. The van der Waals surface area contributed by atoms with Crippen molar-refractivity contribution >= 4 is 8.03 Å². The first kappa shape index (κ1) is 16.0. The molecule has 0 spiro atoms. The van der Waals surface area contributed by atoms with Crippen LogP contribution in [0.5, 0.6) is 0 Å². The summed E-state index contributed by atoms with van der Waals surface area (Å²) in [6, 6.07) is 0. The molecule has 3 nitrogen and oxygen atoms in total. The van der Waals surface area contributed by atoms with Crippen LogP contribution in [0, 0.1) is 0 Å². The molecule has 0 amide bonds. The molecule has 1 N–H and O–H groups in total. The Morgan fingerprint density at radius 2 is 1.31 bits per heavy atom. The van der Waals surface area contributed by atoms with Crippen LogP contribution in [0.15, 0.2) is 0 Å². The molecule has 1 atom stereocenters. The van der Waals surface area contributed by atoms with E-state index in [4.69, 9.17) is 9.63 Å².